The molecule has 140 valence electrons. The molecule has 0 saturated carbocycles. The lowest BCUT2D eigenvalue weighted by molar-refractivity contribution is -0.174. The van der Waals surface area contributed by atoms with E-state index in [1.807, 2.05) is 13.8 Å². The zero-order chi connectivity index (χ0) is 19.7. The van der Waals surface area contributed by atoms with Gasteiger partial charge in [-0.05, 0) is 38.8 Å². The zero-order valence-electron chi connectivity index (χ0n) is 15.9. The van der Waals surface area contributed by atoms with Gasteiger partial charge in [0.25, 0.3) is 0 Å². The number of hydrogen-bond acceptors (Lipinski definition) is 5. The Labute approximate surface area is 150 Å². The maximum Gasteiger partial charge on any atom is 0.327 e. The molecule has 0 bridgehead atoms. The first-order valence-corrected chi connectivity index (χ1v) is 8.74. The highest BCUT2D eigenvalue weighted by molar-refractivity contribution is 6.14. The highest BCUT2D eigenvalue weighted by Gasteiger charge is 2.46. The molecule has 25 heavy (non-hydrogen) atoms. The molecule has 0 spiro atoms. The molecule has 2 unspecified atom stereocenters. The quantitative estimate of drug-likeness (QED) is 0.302. The number of ether oxygens (including phenoxy) is 1. The highest BCUT2D eigenvalue weighted by atomic mass is 16.6. The average Bonchev–Trinajstić information content (AvgIpc) is 2.62. The Balaban J connectivity index is 5.53. The standard InChI is InChI=1S/C20H30O5/c1-7-11-13-19(5,15(21)9-3)17(23)25-18(24)20(6,14-12-8-2)16(22)10-4/h9-10H,3-4,7-8,11-14H2,1-2,5-6H3. The number of hydrogen-bond donors (Lipinski definition) is 0. The van der Waals surface area contributed by atoms with Gasteiger partial charge < -0.3 is 4.74 Å². The Bertz CT molecular complexity index is 500. The molecule has 5 nitrogen and oxygen atoms in total. The van der Waals surface area contributed by atoms with Gasteiger partial charge in [0.2, 0.25) is 0 Å². The fraction of sp³-hybridized carbons (Fsp3) is 0.600. The third kappa shape index (κ3) is 5.48. The molecule has 0 saturated heterocycles. The summed E-state index contributed by atoms with van der Waals surface area (Å²) in [5, 5.41) is 0. The van der Waals surface area contributed by atoms with Crippen molar-refractivity contribution in [2.45, 2.75) is 66.2 Å². The Kier molecular flexibility index (Phi) is 9.24. The molecule has 0 amide bonds. The van der Waals surface area contributed by atoms with Crippen molar-refractivity contribution >= 4 is 23.5 Å². The van der Waals surface area contributed by atoms with E-state index in [4.69, 9.17) is 4.74 Å². The van der Waals surface area contributed by atoms with Crippen LogP contribution in [0.4, 0.5) is 0 Å². The number of rotatable bonds is 12. The lowest BCUT2D eigenvalue weighted by atomic mass is 9.79. The monoisotopic (exact) mass is 350 g/mol. The Morgan fingerprint density at radius 2 is 1.12 bits per heavy atom. The van der Waals surface area contributed by atoms with Crippen molar-refractivity contribution in [2.24, 2.45) is 10.8 Å². The fourth-order valence-electron chi connectivity index (χ4n) is 2.47. The van der Waals surface area contributed by atoms with Gasteiger partial charge in [-0.2, -0.15) is 0 Å². The third-order valence-electron chi connectivity index (χ3n) is 4.61. The normalized spacial score (nSPS) is 15.4. The number of carbonyl (C=O) groups excluding carboxylic acids is 4. The number of ketones is 2. The van der Waals surface area contributed by atoms with Crippen LogP contribution < -0.4 is 0 Å². The van der Waals surface area contributed by atoms with E-state index < -0.39 is 34.3 Å². The molecule has 0 aliphatic carbocycles. The number of carbonyl (C=O) groups is 4. The second kappa shape index (κ2) is 10.1. The van der Waals surface area contributed by atoms with Gasteiger partial charge in [-0.3, -0.25) is 19.2 Å². The molecular weight excluding hydrogens is 320 g/mol. The van der Waals surface area contributed by atoms with Crippen LogP contribution in [-0.4, -0.2) is 23.5 Å². The maximum atomic E-state index is 12.6. The lowest BCUT2D eigenvalue weighted by Crippen LogP contribution is -2.43. The van der Waals surface area contributed by atoms with Gasteiger partial charge in [0.15, 0.2) is 11.6 Å². The predicted molar refractivity (Wildman–Crippen MR) is 96.8 cm³/mol. The van der Waals surface area contributed by atoms with Crippen LogP contribution in [0, 0.1) is 10.8 Å². The van der Waals surface area contributed by atoms with Crippen molar-refractivity contribution in [1.82, 2.24) is 0 Å². The minimum atomic E-state index is -1.48. The van der Waals surface area contributed by atoms with Gasteiger partial charge in [0.05, 0.1) is 0 Å². The first kappa shape index (κ1) is 23.0. The molecular formula is C20H30O5. The summed E-state index contributed by atoms with van der Waals surface area (Å²) >= 11 is 0. The first-order chi connectivity index (χ1) is 11.6. The molecule has 0 aliphatic rings. The van der Waals surface area contributed by atoms with E-state index >= 15 is 0 Å². The summed E-state index contributed by atoms with van der Waals surface area (Å²) in [5.41, 5.74) is -2.95. The predicted octanol–water partition coefficient (Wildman–Crippen LogP) is 3.96. The topological polar surface area (TPSA) is 77.5 Å². The largest absolute Gasteiger partial charge is 0.392 e. The van der Waals surface area contributed by atoms with Gasteiger partial charge in [-0.1, -0.05) is 52.7 Å². The van der Waals surface area contributed by atoms with Crippen LogP contribution in [0.15, 0.2) is 25.3 Å². The van der Waals surface area contributed by atoms with E-state index in [1.54, 1.807) is 0 Å². The molecule has 0 fully saturated rings. The summed E-state index contributed by atoms with van der Waals surface area (Å²) in [6.45, 7) is 13.6. The van der Waals surface area contributed by atoms with Crippen LogP contribution in [0.1, 0.15) is 66.2 Å². The van der Waals surface area contributed by atoms with Crippen molar-refractivity contribution < 1.29 is 23.9 Å². The summed E-state index contributed by atoms with van der Waals surface area (Å²) in [7, 11) is 0. The second-order valence-electron chi connectivity index (χ2n) is 6.69. The summed E-state index contributed by atoms with van der Waals surface area (Å²) in [5.74, 6) is -2.86. The fourth-order valence-corrected chi connectivity index (χ4v) is 2.47. The first-order valence-electron chi connectivity index (χ1n) is 8.74. The van der Waals surface area contributed by atoms with Crippen LogP contribution in [0.5, 0.6) is 0 Å². The van der Waals surface area contributed by atoms with Crippen molar-refractivity contribution in [3.05, 3.63) is 25.3 Å². The summed E-state index contributed by atoms with van der Waals surface area (Å²) < 4.78 is 5.01. The van der Waals surface area contributed by atoms with E-state index in [0.29, 0.717) is 12.8 Å². The molecule has 5 heteroatoms. The molecule has 0 aromatic carbocycles. The van der Waals surface area contributed by atoms with Gasteiger partial charge in [0.1, 0.15) is 10.8 Å². The Hall–Kier alpha value is -2.04. The van der Waals surface area contributed by atoms with Gasteiger partial charge in [-0.15, -0.1) is 0 Å². The minimum Gasteiger partial charge on any atom is -0.392 e. The van der Waals surface area contributed by atoms with Crippen LogP contribution in [0.3, 0.4) is 0 Å². The molecule has 2 atom stereocenters. The van der Waals surface area contributed by atoms with E-state index in [0.717, 1.165) is 25.0 Å². The van der Waals surface area contributed by atoms with E-state index in [2.05, 4.69) is 13.2 Å². The number of esters is 2. The molecule has 0 radical (unpaired) electrons. The smallest absolute Gasteiger partial charge is 0.327 e. The molecule has 0 heterocycles. The van der Waals surface area contributed by atoms with Crippen molar-refractivity contribution in [1.29, 1.82) is 0 Å². The van der Waals surface area contributed by atoms with E-state index in [9.17, 15) is 19.2 Å². The SMILES string of the molecule is C=CC(=O)C(C)(CCCC)C(=O)OC(=O)C(C)(CCCC)C(=O)C=C. The van der Waals surface area contributed by atoms with Crippen LogP contribution in [-0.2, 0) is 23.9 Å². The van der Waals surface area contributed by atoms with Gasteiger partial charge in [0, 0.05) is 0 Å². The molecule has 0 rings (SSSR count). The molecule has 0 aromatic rings. The number of allylic oxidation sites excluding steroid dienone is 2. The van der Waals surface area contributed by atoms with Crippen LogP contribution in [0.25, 0.3) is 0 Å². The van der Waals surface area contributed by atoms with Crippen molar-refractivity contribution in [3.63, 3.8) is 0 Å². The minimum absolute atomic E-state index is 0.252. The van der Waals surface area contributed by atoms with Gasteiger partial charge in [-0.25, -0.2) is 0 Å². The highest BCUT2D eigenvalue weighted by Crippen LogP contribution is 2.32. The Morgan fingerprint density at radius 1 is 0.800 bits per heavy atom. The summed E-state index contributed by atoms with van der Waals surface area (Å²) in [4.78, 5) is 49.5. The Morgan fingerprint density at radius 3 is 1.36 bits per heavy atom. The summed E-state index contributed by atoms with van der Waals surface area (Å²) in [6, 6.07) is 0. The van der Waals surface area contributed by atoms with Crippen LogP contribution >= 0.6 is 0 Å². The summed E-state index contributed by atoms with van der Waals surface area (Å²) in [6.07, 6.45) is 5.44. The lowest BCUT2D eigenvalue weighted by Gasteiger charge is -2.28. The van der Waals surface area contributed by atoms with Crippen molar-refractivity contribution in [3.8, 4) is 0 Å². The third-order valence-corrected chi connectivity index (χ3v) is 4.61. The van der Waals surface area contributed by atoms with E-state index in [-0.39, 0.29) is 12.8 Å². The van der Waals surface area contributed by atoms with Crippen LogP contribution in [0.2, 0.25) is 0 Å². The second-order valence-corrected chi connectivity index (χ2v) is 6.69. The molecule has 0 aliphatic heterocycles. The average molecular weight is 350 g/mol. The van der Waals surface area contributed by atoms with Gasteiger partial charge >= 0.3 is 11.9 Å². The zero-order valence-corrected chi connectivity index (χ0v) is 15.9. The maximum absolute atomic E-state index is 12.6. The molecule has 0 N–H and O–H groups in total. The molecule has 0 aromatic heterocycles. The van der Waals surface area contributed by atoms with E-state index in [1.165, 1.54) is 13.8 Å². The number of unbranched alkanes of at least 4 members (excludes halogenated alkanes) is 2. The van der Waals surface area contributed by atoms with Crippen molar-refractivity contribution in [2.75, 3.05) is 0 Å².